The second-order valence-corrected chi connectivity index (χ2v) is 11.6. The van der Waals surface area contributed by atoms with Gasteiger partial charge in [0.2, 0.25) is 5.91 Å². The minimum absolute atomic E-state index is 0.276. The van der Waals surface area contributed by atoms with E-state index in [9.17, 15) is 14.4 Å². The van der Waals surface area contributed by atoms with Crippen LogP contribution in [0.5, 0.6) is 5.75 Å². The molecule has 6 nitrogen and oxygen atoms in total. The second-order valence-electron chi connectivity index (χ2n) is 11.2. The van der Waals surface area contributed by atoms with Crippen molar-refractivity contribution in [3.8, 4) is 5.75 Å². The lowest BCUT2D eigenvalue weighted by molar-refractivity contribution is -0.122. The minimum Gasteiger partial charge on any atom is -0.493 e. The summed E-state index contributed by atoms with van der Waals surface area (Å²) in [5.41, 5.74) is 2.55. The van der Waals surface area contributed by atoms with E-state index in [0.29, 0.717) is 39.8 Å². The first kappa shape index (κ1) is 27.2. The topological polar surface area (TPSA) is 75.7 Å². The summed E-state index contributed by atoms with van der Waals surface area (Å²) in [6.45, 7) is 2.45. The van der Waals surface area contributed by atoms with Crippen LogP contribution in [0.15, 0.2) is 103 Å². The highest BCUT2D eigenvalue weighted by Gasteiger charge is 2.70. The van der Waals surface area contributed by atoms with Crippen molar-refractivity contribution in [3.05, 3.63) is 136 Å². The summed E-state index contributed by atoms with van der Waals surface area (Å²) >= 11 is 6.20. The number of ketones is 2. The Bertz CT molecular complexity index is 1800. The zero-order valence-electron chi connectivity index (χ0n) is 23.5. The number of ether oxygens (including phenoxy) is 1. The number of Topliss-reactive ketones (excluding diaryl/α,β-unsaturated/α-hetero) is 2. The molecular weight excluding hydrogens is 560 g/mol. The van der Waals surface area contributed by atoms with Gasteiger partial charge in [0.1, 0.15) is 17.2 Å². The highest BCUT2D eigenvalue weighted by molar-refractivity contribution is 6.30. The van der Waals surface area contributed by atoms with Crippen LogP contribution in [0.2, 0.25) is 5.02 Å². The van der Waals surface area contributed by atoms with E-state index in [1.807, 2.05) is 78.7 Å². The zero-order valence-corrected chi connectivity index (χ0v) is 24.3. The molecule has 1 amide bonds. The first-order chi connectivity index (χ1) is 21.0. The third-order valence-corrected chi connectivity index (χ3v) is 9.12. The van der Waals surface area contributed by atoms with Crippen LogP contribution in [-0.4, -0.2) is 35.0 Å². The Morgan fingerprint density at radius 3 is 2.44 bits per heavy atom. The summed E-state index contributed by atoms with van der Waals surface area (Å²) in [5, 5.41) is 3.57. The van der Waals surface area contributed by atoms with E-state index in [2.05, 4.69) is 5.32 Å². The molecule has 1 fully saturated rings. The van der Waals surface area contributed by atoms with Crippen molar-refractivity contribution in [2.75, 3.05) is 11.9 Å². The number of para-hydroxylation sites is 2. The lowest BCUT2D eigenvalue weighted by atomic mass is 9.62. The maximum absolute atomic E-state index is 14.9. The zero-order chi connectivity index (χ0) is 29.7. The molecule has 7 rings (SSSR count). The van der Waals surface area contributed by atoms with Crippen LogP contribution < -0.4 is 10.1 Å². The Kier molecular flexibility index (Phi) is 6.66. The molecule has 1 N–H and O–H groups in total. The summed E-state index contributed by atoms with van der Waals surface area (Å²) in [4.78, 5) is 46.3. The van der Waals surface area contributed by atoms with Gasteiger partial charge in [-0.25, -0.2) is 0 Å². The number of rotatable bonds is 7. The van der Waals surface area contributed by atoms with Crippen molar-refractivity contribution in [1.82, 2.24) is 4.90 Å². The lowest BCUT2D eigenvalue weighted by Crippen LogP contribution is -2.49. The summed E-state index contributed by atoms with van der Waals surface area (Å²) in [6.07, 6.45) is 4.60. The van der Waals surface area contributed by atoms with E-state index in [0.717, 1.165) is 17.5 Å². The first-order valence-corrected chi connectivity index (χ1v) is 14.9. The fraction of sp³-hybridized carbons (Fsp3) is 0.194. The molecular formula is C36H29ClN2O4. The fourth-order valence-electron chi connectivity index (χ4n) is 7.13. The number of nitrogens with zero attached hydrogens (tertiary/aromatic N) is 1. The molecule has 3 aliphatic heterocycles. The average Bonchev–Trinajstić information content (AvgIpc) is 3.52. The van der Waals surface area contributed by atoms with E-state index >= 15 is 0 Å². The number of amides is 1. The van der Waals surface area contributed by atoms with Gasteiger partial charge in [-0.05, 0) is 71.7 Å². The molecule has 7 heteroatoms. The van der Waals surface area contributed by atoms with Crippen LogP contribution in [0.3, 0.4) is 0 Å². The largest absolute Gasteiger partial charge is 0.493 e. The molecule has 0 radical (unpaired) electrons. The molecule has 0 saturated carbocycles. The summed E-state index contributed by atoms with van der Waals surface area (Å²) in [5.74, 6) is -1.48. The van der Waals surface area contributed by atoms with Crippen molar-refractivity contribution < 1.29 is 19.1 Å². The number of fused-ring (bicyclic) bond motifs is 6. The maximum atomic E-state index is 14.9. The van der Waals surface area contributed by atoms with Crippen LogP contribution in [-0.2, 0) is 10.2 Å². The summed E-state index contributed by atoms with van der Waals surface area (Å²) in [6, 6.07) is 27.5. The molecule has 0 unspecified atom stereocenters. The van der Waals surface area contributed by atoms with Gasteiger partial charge < -0.3 is 15.0 Å². The fourth-order valence-corrected chi connectivity index (χ4v) is 7.25. The number of halogens is 1. The van der Waals surface area contributed by atoms with Crippen LogP contribution in [0.25, 0.3) is 6.08 Å². The number of carbonyl (C=O) groups is 3. The molecule has 1 spiro atoms. The monoisotopic (exact) mass is 588 g/mol. The van der Waals surface area contributed by atoms with Crippen LogP contribution in [0.4, 0.5) is 5.69 Å². The van der Waals surface area contributed by atoms with Crippen molar-refractivity contribution >= 4 is 40.8 Å². The highest BCUT2D eigenvalue weighted by Crippen LogP contribution is 2.62. The molecule has 4 aromatic rings. The number of hydrogen-bond donors (Lipinski definition) is 1. The Hall–Kier alpha value is -4.68. The molecule has 4 aromatic carbocycles. The quantitative estimate of drug-likeness (QED) is 0.233. The Labute approximate surface area is 254 Å². The Balaban J connectivity index is 1.51. The number of carbonyl (C=O) groups excluding carboxylic acids is 3. The predicted octanol–water partition coefficient (Wildman–Crippen LogP) is 7.11. The van der Waals surface area contributed by atoms with Gasteiger partial charge in [-0.1, -0.05) is 73.1 Å². The third kappa shape index (κ3) is 4.04. The van der Waals surface area contributed by atoms with Gasteiger partial charge in [0.25, 0.3) is 0 Å². The molecule has 3 aliphatic rings. The molecule has 0 aliphatic carbocycles. The highest BCUT2D eigenvalue weighted by atomic mass is 35.5. The number of hydrogen-bond acceptors (Lipinski definition) is 5. The Morgan fingerprint density at radius 2 is 1.63 bits per heavy atom. The van der Waals surface area contributed by atoms with E-state index in [4.69, 9.17) is 16.3 Å². The first-order valence-electron chi connectivity index (χ1n) is 14.5. The Morgan fingerprint density at radius 1 is 0.907 bits per heavy atom. The van der Waals surface area contributed by atoms with Gasteiger partial charge in [-0.15, -0.1) is 0 Å². The van der Waals surface area contributed by atoms with Gasteiger partial charge >= 0.3 is 0 Å². The minimum atomic E-state index is -1.40. The molecule has 0 aromatic heterocycles. The normalized spacial score (nSPS) is 23.0. The standard InChI is InChI=1S/C36H29ClN2O4/c1-2-21-43-29-14-8-5-11-26(29)33(41)31-30(32(40)23-15-17-24(37)18-16-23)36(27-12-6-7-13-28(27)38-35(36)42)34-25-10-4-3-9-22(25)19-20-39(31)34/h3-20,30-31,34H,2,21H2,1H3,(H,38,42)/t30-,31+,34-,36+/m1/s1. The van der Waals surface area contributed by atoms with Crippen molar-refractivity contribution in [3.63, 3.8) is 0 Å². The maximum Gasteiger partial charge on any atom is 0.238 e. The average molecular weight is 589 g/mol. The van der Waals surface area contributed by atoms with Crippen molar-refractivity contribution in [2.24, 2.45) is 5.92 Å². The van der Waals surface area contributed by atoms with E-state index in [1.54, 1.807) is 42.5 Å². The predicted molar refractivity (Wildman–Crippen MR) is 166 cm³/mol. The van der Waals surface area contributed by atoms with Gasteiger partial charge in [-0.3, -0.25) is 14.4 Å². The van der Waals surface area contributed by atoms with Gasteiger partial charge in [-0.2, -0.15) is 0 Å². The van der Waals surface area contributed by atoms with E-state index < -0.39 is 23.4 Å². The van der Waals surface area contributed by atoms with Gasteiger partial charge in [0.15, 0.2) is 11.6 Å². The number of anilines is 1. The molecule has 214 valence electrons. The van der Waals surface area contributed by atoms with Crippen LogP contribution >= 0.6 is 11.6 Å². The van der Waals surface area contributed by atoms with Gasteiger partial charge in [0.05, 0.1) is 24.1 Å². The summed E-state index contributed by atoms with van der Waals surface area (Å²) in [7, 11) is 0. The molecule has 0 bridgehead atoms. The lowest BCUT2D eigenvalue weighted by Gasteiger charge is -2.38. The van der Waals surface area contributed by atoms with Crippen LogP contribution in [0.1, 0.15) is 56.8 Å². The summed E-state index contributed by atoms with van der Waals surface area (Å²) < 4.78 is 6.01. The molecule has 4 atom stereocenters. The third-order valence-electron chi connectivity index (χ3n) is 8.86. The smallest absolute Gasteiger partial charge is 0.238 e. The van der Waals surface area contributed by atoms with E-state index in [-0.39, 0.29) is 17.5 Å². The molecule has 43 heavy (non-hydrogen) atoms. The van der Waals surface area contributed by atoms with Crippen molar-refractivity contribution in [2.45, 2.75) is 30.8 Å². The van der Waals surface area contributed by atoms with Gasteiger partial charge in [0, 0.05) is 22.5 Å². The number of benzene rings is 4. The number of nitrogens with one attached hydrogen (secondary N) is 1. The molecule has 1 saturated heterocycles. The van der Waals surface area contributed by atoms with Crippen LogP contribution in [0, 0.1) is 5.92 Å². The SMILES string of the molecule is CCCOc1ccccc1C(=O)[C@@H]1[C@H](C(=O)c2ccc(Cl)cc2)[C@]2(C(=O)Nc3ccccc32)[C@H]2c3ccccc3C=CN12. The van der Waals surface area contributed by atoms with E-state index in [1.165, 1.54) is 0 Å². The second kappa shape index (κ2) is 10.5. The van der Waals surface area contributed by atoms with Crippen molar-refractivity contribution in [1.29, 1.82) is 0 Å². The molecule has 3 heterocycles.